The summed E-state index contributed by atoms with van der Waals surface area (Å²) in [7, 11) is 2.06. The average molecular weight is 500 g/mol. The molecule has 7 N–H and O–H groups in total. The number of nitrogens with one attached hydrogen (secondary N) is 1. The van der Waals surface area contributed by atoms with Crippen LogP contribution in [0.5, 0.6) is 0 Å². The van der Waals surface area contributed by atoms with Crippen molar-refractivity contribution in [3.63, 3.8) is 0 Å². The molecule has 0 radical (unpaired) electrons. The van der Waals surface area contributed by atoms with Crippen molar-refractivity contribution in [1.82, 2.24) is 4.90 Å². The lowest BCUT2D eigenvalue weighted by Gasteiger charge is -2.33. The van der Waals surface area contributed by atoms with Crippen molar-refractivity contribution in [1.29, 1.82) is 0 Å². The number of benzene rings is 2. The van der Waals surface area contributed by atoms with Crippen LogP contribution < -0.4 is 22.5 Å². The van der Waals surface area contributed by atoms with E-state index in [-0.39, 0.29) is 30.2 Å². The van der Waals surface area contributed by atoms with Crippen LogP contribution in [0, 0.1) is 0 Å². The Morgan fingerprint density at radius 3 is 2.75 bits per heavy atom. The molecule has 0 saturated carbocycles. The number of carbonyl (C=O) groups is 1. The van der Waals surface area contributed by atoms with E-state index in [1.54, 1.807) is 6.07 Å². The second-order valence-electron chi connectivity index (χ2n) is 7.87. The number of rotatable bonds is 7. The lowest BCUT2D eigenvalue weighted by Crippen LogP contribution is -2.36. The highest BCUT2D eigenvalue weighted by molar-refractivity contribution is 6.35. The second kappa shape index (κ2) is 11.7. The maximum absolute atomic E-state index is 12.5. The molecular formula is C22H29Cl3N6O. The number of anilines is 1. The van der Waals surface area contributed by atoms with Crippen molar-refractivity contribution in [3.8, 4) is 0 Å². The van der Waals surface area contributed by atoms with Gasteiger partial charge in [0.15, 0.2) is 5.96 Å². The molecule has 0 bridgehead atoms. The van der Waals surface area contributed by atoms with Crippen molar-refractivity contribution in [2.24, 2.45) is 22.2 Å². The van der Waals surface area contributed by atoms with Crippen molar-refractivity contribution in [2.75, 3.05) is 25.5 Å². The van der Waals surface area contributed by atoms with Crippen LogP contribution in [0.4, 0.5) is 5.69 Å². The third kappa shape index (κ3) is 6.73. The predicted octanol–water partition coefficient (Wildman–Crippen LogP) is 3.31. The molecule has 1 aliphatic heterocycles. The topological polar surface area (TPSA) is 123 Å². The first-order chi connectivity index (χ1) is 14.7. The summed E-state index contributed by atoms with van der Waals surface area (Å²) in [5, 5.41) is 4.21. The molecule has 1 amide bonds. The molecule has 1 heterocycles. The summed E-state index contributed by atoms with van der Waals surface area (Å²) in [4.78, 5) is 18.6. The van der Waals surface area contributed by atoms with Gasteiger partial charge in [-0.25, -0.2) is 0 Å². The van der Waals surface area contributed by atoms with E-state index < -0.39 is 6.04 Å². The average Bonchev–Trinajstić information content (AvgIpc) is 2.71. The van der Waals surface area contributed by atoms with Crippen LogP contribution in [-0.4, -0.2) is 42.9 Å². The summed E-state index contributed by atoms with van der Waals surface area (Å²) in [6.07, 6.45) is 1.11. The summed E-state index contributed by atoms with van der Waals surface area (Å²) >= 11 is 12.8. The van der Waals surface area contributed by atoms with Gasteiger partial charge in [0.2, 0.25) is 5.91 Å². The van der Waals surface area contributed by atoms with Crippen LogP contribution in [-0.2, 0) is 11.3 Å². The van der Waals surface area contributed by atoms with Crippen LogP contribution in [0.1, 0.15) is 35.4 Å². The highest BCUT2D eigenvalue weighted by atomic mass is 35.5. The Morgan fingerprint density at radius 2 is 2.03 bits per heavy atom. The van der Waals surface area contributed by atoms with Crippen molar-refractivity contribution in [3.05, 3.63) is 63.1 Å². The molecule has 0 saturated heterocycles. The van der Waals surface area contributed by atoms with Gasteiger partial charge in [0.05, 0.1) is 6.04 Å². The number of carbonyl (C=O) groups excluding carboxylic acids is 1. The molecule has 1 unspecified atom stereocenters. The number of guanidine groups is 1. The van der Waals surface area contributed by atoms with Gasteiger partial charge in [-0.15, -0.1) is 12.4 Å². The molecule has 174 valence electrons. The number of hydrogen-bond acceptors (Lipinski definition) is 4. The highest BCUT2D eigenvalue weighted by Gasteiger charge is 2.27. The first-order valence-corrected chi connectivity index (χ1v) is 10.9. The standard InChI is InChI=1S/C22H28Cl2N6O.ClH/c1-30-11-17(16-9-14(23)10-19(24)18(16)12-30)13-4-2-5-15(8-13)29-21(31)20(25)6-3-7-28-22(26)27;/h2,4-5,8-10,17,20H,3,6-7,11-12,25H2,1H3,(H,29,31)(H4,26,27,28);1H/t17?,20-;/m0./s1. The summed E-state index contributed by atoms with van der Waals surface area (Å²) < 4.78 is 0. The van der Waals surface area contributed by atoms with Gasteiger partial charge in [-0.05, 0) is 60.8 Å². The van der Waals surface area contributed by atoms with E-state index in [0.29, 0.717) is 35.1 Å². The molecule has 2 atom stereocenters. The van der Waals surface area contributed by atoms with E-state index in [2.05, 4.69) is 22.3 Å². The van der Waals surface area contributed by atoms with Gasteiger partial charge in [-0.3, -0.25) is 9.79 Å². The fraction of sp³-hybridized carbons (Fsp3) is 0.364. The maximum Gasteiger partial charge on any atom is 0.241 e. The van der Waals surface area contributed by atoms with Crippen molar-refractivity contribution >= 4 is 53.2 Å². The van der Waals surface area contributed by atoms with Crippen LogP contribution in [0.25, 0.3) is 0 Å². The van der Waals surface area contributed by atoms with Gasteiger partial charge in [0, 0.05) is 41.3 Å². The predicted molar refractivity (Wildman–Crippen MR) is 135 cm³/mol. The van der Waals surface area contributed by atoms with E-state index in [1.165, 1.54) is 0 Å². The number of likely N-dealkylation sites (N-methyl/N-ethyl adjacent to an activating group) is 1. The Kier molecular flexibility index (Phi) is 9.61. The molecule has 7 nitrogen and oxygen atoms in total. The molecule has 0 spiro atoms. The lowest BCUT2D eigenvalue weighted by atomic mass is 9.84. The van der Waals surface area contributed by atoms with Crippen molar-refractivity contribution < 1.29 is 4.79 Å². The van der Waals surface area contributed by atoms with Crippen LogP contribution in [0.2, 0.25) is 10.0 Å². The fourth-order valence-electron chi connectivity index (χ4n) is 3.85. The Hall–Kier alpha value is -2.03. The van der Waals surface area contributed by atoms with Gasteiger partial charge >= 0.3 is 0 Å². The third-order valence-corrected chi connectivity index (χ3v) is 5.91. The summed E-state index contributed by atoms with van der Waals surface area (Å²) in [5.41, 5.74) is 20.6. The smallest absolute Gasteiger partial charge is 0.241 e. The first-order valence-electron chi connectivity index (χ1n) is 10.1. The molecule has 10 heteroatoms. The van der Waals surface area contributed by atoms with Crippen LogP contribution in [0.15, 0.2) is 41.4 Å². The maximum atomic E-state index is 12.5. The molecule has 0 fully saturated rings. The molecule has 32 heavy (non-hydrogen) atoms. The Balaban J connectivity index is 0.00000363. The fourth-order valence-corrected chi connectivity index (χ4v) is 4.42. The minimum absolute atomic E-state index is 0. The normalized spacial score (nSPS) is 16.4. The first kappa shape index (κ1) is 26.2. The monoisotopic (exact) mass is 498 g/mol. The minimum atomic E-state index is -0.642. The number of fused-ring (bicyclic) bond motifs is 1. The molecule has 2 aromatic rings. The van der Waals surface area contributed by atoms with Crippen LogP contribution >= 0.6 is 35.6 Å². The minimum Gasteiger partial charge on any atom is -0.370 e. The van der Waals surface area contributed by atoms with Gasteiger partial charge < -0.3 is 27.4 Å². The van der Waals surface area contributed by atoms with Gasteiger partial charge in [-0.2, -0.15) is 0 Å². The zero-order chi connectivity index (χ0) is 22.5. The number of amides is 1. The SMILES string of the molecule is CN1Cc2c(Cl)cc(Cl)cc2C(c2cccc(NC(=O)[C@@H](N)CCCN=C(N)N)c2)C1.Cl. The number of hydrogen-bond donors (Lipinski definition) is 4. The van der Waals surface area contributed by atoms with Crippen LogP contribution in [0.3, 0.4) is 0 Å². The van der Waals surface area contributed by atoms with E-state index in [0.717, 1.165) is 29.8 Å². The highest BCUT2D eigenvalue weighted by Crippen LogP contribution is 2.38. The van der Waals surface area contributed by atoms with Gasteiger partial charge in [0.25, 0.3) is 0 Å². The molecule has 2 aromatic carbocycles. The Labute approximate surface area is 204 Å². The van der Waals surface area contributed by atoms with E-state index in [9.17, 15) is 4.79 Å². The van der Waals surface area contributed by atoms with E-state index in [4.69, 9.17) is 40.4 Å². The molecule has 0 aromatic heterocycles. The zero-order valence-electron chi connectivity index (χ0n) is 17.9. The molecule has 0 aliphatic carbocycles. The largest absolute Gasteiger partial charge is 0.370 e. The van der Waals surface area contributed by atoms with E-state index >= 15 is 0 Å². The number of nitrogens with two attached hydrogens (primary N) is 3. The summed E-state index contributed by atoms with van der Waals surface area (Å²) in [6.45, 7) is 2.04. The molecule has 3 rings (SSSR count). The molecule has 1 aliphatic rings. The third-order valence-electron chi connectivity index (χ3n) is 5.35. The number of halogens is 3. The number of aliphatic imine (C=N–C) groups is 1. The van der Waals surface area contributed by atoms with E-state index in [1.807, 2.05) is 30.3 Å². The Morgan fingerprint density at radius 1 is 1.28 bits per heavy atom. The van der Waals surface area contributed by atoms with Gasteiger partial charge in [-0.1, -0.05) is 35.3 Å². The molecular weight excluding hydrogens is 471 g/mol. The quantitative estimate of drug-likeness (QED) is 0.264. The Bertz CT molecular complexity index is 980. The zero-order valence-corrected chi connectivity index (χ0v) is 20.2. The number of nitrogens with zero attached hydrogens (tertiary/aromatic N) is 2. The lowest BCUT2D eigenvalue weighted by molar-refractivity contribution is -0.117. The van der Waals surface area contributed by atoms with Gasteiger partial charge in [0.1, 0.15) is 0 Å². The summed E-state index contributed by atoms with van der Waals surface area (Å²) in [5.74, 6) is -0.114. The van der Waals surface area contributed by atoms with Crippen molar-refractivity contribution in [2.45, 2.75) is 31.3 Å². The second-order valence-corrected chi connectivity index (χ2v) is 8.72. The summed E-state index contributed by atoms with van der Waals surface area (Å²) in [6, 6.07) is 10.9.